The van der Waals surface area contributed by atoms with E-state index in [1.165, 1.54) is 0 Å². The Bertz CT molecular complexity index is 954. The van der Waals surface area contributed by atoms with E-state index in [2.05, 4.69) is 34.6 Å². The van der Waals surface area contributed by atoms with Crippen LogP contribution >= 0.6 is 11.8 Å². The van der Waals surface area contributed by atoms with E-state index in [9.17, 15) is 19.5 Å². The first-order chi connectivity index (χ1) is 16.3. The molecular weight excluding hydrogens is 464 g/mol. The van der Waals surface area contributed by atoms with Crippen LogP contribution in [0.15, 0.2) is 24.3 Å². The molecule has 2 fully saturated rings. The van der Waals surface area contributed by atoms with Gasteiger partial charge in [-0.25, -0.2) is 0 Å². The quantitative estimate of drug-likeness (QED) is 0.340. The molecule has 8 heteroatoms. The summed E-state index contributed by atoms with van der Waals surface area (Å²) in [7, 11) is 0. The molecule has 0 bridgehead atoms. The molecule has 2 amide bonds. The van der Waals surface area contributed by atoms with Gasteiger partial charge >= 0.3 is 5.97 Å². The molecule has 5 atom stereocenters. The highest BCUT2D eigenvalue weighted by atomic mass is 32.2. The highest BCUT2D eigenvalue weighted by molar-refractivity contribution is 8.02. The molecular formula is C27H40N2O5S. The fourth-order valence-electron chi connectivity index (χ4n) is 6.93. The SMILES string of the molecule is CC(C)(C)CC(C)(C)N1CC=C[C@]23S[C@@]4(C)C=CCOC(=O)[C@H]4[C@H]2C(=O)N(CCCCO)C3C1=O. The van der Waals surface area contributed by atoms with Crippen LogP contribution < -0.4 is 0 Å². The Morgan fingerprint density at radius 3 is 2.43 bits per heavy atom. The van der Waals surface area contributed by atoms with Crippen molar-refractivity contribution in [3.63, 3.8) is 0 Å². The summed E-state index contributed by atoms with van der Waals surface area (Å²) in [6, 6.07) is -0.702. The van der Waals surface area contributed by atoms with E-state index in [1.807, 2.05) is 36.1 Å². The summed E-state index contributed by atoms with van der Waals surface area (Å²) in [4.78, 5) is 45.3. The lowest BCUT2D eigenvalue weighted by Crippen LogP contribution is -2.58. The molecule has 0 aliphatic carbocycles. The van der Waals surface area contributed by atoms with Crippen LogP contribution in [0.3, 0.4) is 0 Å². The Morgan fingerprint density at radius 1 is 1.06 bits per heavy atom. The first-order valence-corrected chi connectivity index (χ1v) is 13.5. The lowest BCUT2D eigenvalue weighted by Gasteiger charge is -2.44. The summed E-state index contributed by atoms with van der Waals surface area (Å²) in [6.07, 6.45) is 9.87. The average Bonchev–Trinajstić information content (AvgIpc) is 2.97. The van der Waals surface area contributed by atoms with Crippen molar-refractivity contribution in [1.82, 2.24) is 9.80 Å². The van der Waals surface area contributed by atoms with Crippen LogP contribution in [-0.2, 0) is 19.1 Å². The number of nitrogens with zero attached hydrogens (tertiary/aromatic N) is 2. The number of carbonyl (C=O) groups is 3. The van der Waals surface area contributed by atoms with Crippen LogP contribution in [0.5, 0.6) is 0 Å². The zero-order valence-corrected chi connectivity index (χ0v) is 22.7. The summed E-state index contributed by atoms with van der Waals surface area (Å²) < 4.78 is 3.99. The fraction of sp³-hybridized carbons (Fsp3) is 0.741. The molecule has 35 heavy (non-hydrogen) atoms. The summed E-state index contributed by atoms with van der Waals surface area (Å²) >= 11 is 1.57. The third kappa shape index (κ3) is 4.35. The molecule has 194 valence electrons. The largest absolute Gasteiger partial charge is 0.461 e. The number of aliphatic hydroxyl groups excluding tert-OH is 1. The van der Waals surface area contributed by atoms with Crippen LogP contribution in [0.1, 0.15) is 60.8 Å². The number of esters is 1. The minimum Gasteiger partial charge on any atom is -0.461 e. The Morgan fingerprint density at radius 2 is 1.77 bits per heavy atom. The van der Waals surface area contributed by atoms with Crippen molar-refractivity contribution in [2.75, 3.05) is 26.3 Å². The van der Waals surface area contributed by atoms with Crippen LogP contribution in [-0.4, -0.2) is 80.1 Å². The Kier molecular flexibility index (Phi) is 6.71. The molecule has 0 aromatic carbocycles. The van der Waals surface area contributed by atoms with Crippen LogP contribution in [0.2, 0.25) is 0 Å². The lowest BCUT2D eigenvalue weighted by molar-refractivity contribution is -0.152. The first kappa shape index (κ1) is 26.3. The molecule has 1 N–H and O–H groups in total. The van der Waals surface area contributed by atoms with E-state index >= 15 is 0 Å². The number of ether oxygens (including phenoxy) is 1. The second-order valence-corrected chi connectivity index (χ2v) is 14.2. The average molecular weight is 505 g/mol. The number of carbonyl (C=O) groups excluding carboxylic acids is 3. The molecule has 0 radical (unpaired) electrons. The van der Waals surface area contributed by atoms with Crippen molar-refractivity contribution in [2.24, 2.45) is 17.3 Å². The van der Waals surface area contributed by atoms with Gasteiger partial charge in [0, 0.05) is 30.0 Å². The van der Waals surface area contributed by atoms with Crippen LogP contribution in [0.25, 0.3) is 0 Å². The number of likely N-dealkylation sites (tertiary alicyclic amines) is 1. The maximum Gasteiger partial charge on any atom is 0.311 e. The number of hydrogen-bond acceptors (Lipinski definition) is 6. The Hall–Kier alpha value is -1.80. The summed E-state index contributed by atoms with van der Waals surface area (Å²) in [5.41, 5.74) is -0.400. The standard InChI is InChI=1S/C27H40N2O5S/c1-24(2,3)17-25(4,5)29-14-9-12-27-18(19-23(33)34-16-10-11-26(19,6)35-27)21(31)28(13-7-8-15-30)20(27)22(29)32/h9-12,18-20,30H,7-8,13-17H2,1-6H3/t18-,19+,20?,26-,27-/m0/s1. The fourth-order valence-corrected chi connectivity index (χ4v) is 9.08. The number of amides is 2. The predicted molar refractivity (Wildman–Crippen MR) is 137 cm³/mol. The van der Waals surface area contributed by atoms with Gasteiger partial charge in [-0.2, -0.15) is 0 Å². The molecule has 4 heterocycles. The van der Waals surface area contributed by atoms with Gasteiger partial charge in [0.25, 0.3) is 0 Å². The van der Waals surface area contributed by atoms with Crippen molar-refractivity contribution >= 4 is 29.5 Å². The van der Waals surface area contributed by atoms with Gasteiger partial charge in [-0.1, -0.05) is 39.0 Å². The zero-order chi connectivity index (χ0) is 25.8. The first-order valence-electron chi connectivity index (χ1n) is 12.7. The second-order valence-electron chi connectivity index (χ2n) is 12.4. The third-order valence-electron chi connectivity index (χ3n) is 7.81. The van der Waals surface area contributed by atoms with E-state index < -0.39 is 32.9 Å². The van der Waals surface area contributed by atoms with E-state index in [0.29, 0.717) is 25.9 Å². The number of rotatable bonds is 6. The third-order valence-corrected chi connectivity index (χ3v) is 9.61. The molecule has 4 rings (SSSR count). The number of aliphatic hydroxyl groups is 1. The van der Waals surface area contributed by atoms with E-state index in [0.717, 1.165) is 6.42 Å². The topological polar surface area (TPSA) is 87.2 Å². The number of unbranched alkanes of at least 4 members (excludes halogenated alkanes) is 1. The van der Waals surface area contributed by atoms with Crippen molar-refractivity contribution in [3.05, 3.63) is 24.3 Å². The summed E-state index contributed by atoms with van der Waals surface area (Å²) in [6.45, 7) is 13.8. The molecule has 4 aliphatic rings. The van der Waals surface area contributed by atoms with Gasteiger partial charge in [0.2, 0.25) is 11.8 Å². The highest BCUT2D eigenvalue weighted by Gasteiger charge is 2.74. The van der Waals surface area contributed by atoms with Gasteiger partial charge in [-0.15, -0.1) is 11.8 Å². The lowest BCUT2D eigenvalue weighted by atomic mass is 9.74. The smallest absolute Gasteiger partial charge is 0.311 e. The van der Waals surface area contributed by atoms with Gasteiger partial charge in [0.05, 0.1) is 16.6 Å². The number of thioether (sulfide) groups is 1. The minimum absolute atomic E-state index is 0.0175. The van der Waals surface area contributed by atoms with Gasteiger partial charge in [-0.05, 0) is 51.5 Å². The maximum absolute atomic E-state index is 14.4. The van der Waals surface area contributed by atoms with Gasteiger partial charge in [-0.3, -0.25) is 14.4 Å². The monoisotopic (exact) mass is 504 g/mol. The molecule has 1 unspecified atom stereocenters. The van der Waals surface area contributed by atoms with Gasteiger partial charge < -0.3 is 19.6 Å². The number of cyclic esters (lactones) is 1. The molecule has 2 saturated heterocycles. The highest BCUT2D eigenvalue weighted by Crippen LogP contribution is 2.65. The number of hydrogen-bond donors (Lipinski definition) is 1. The summed E-state index contributed by atoms with van der Waals surface area (Å²) in [5.74, 6) is -1.91. The zero-order valence-electron chi connectivity index (χ0n) is 21.9. The van der Waals surface area contributed by atoms with Crippen molar-refractivity contribution < 1.29 is 24.2 Å². The Labute approximate surface area is 213 Å². The molecule has 4 aliphatic heterocycles. The van der Waals surface area contributed by atoms with Gasteiger partial charge in [0.15, 0.2) is 0 Å². The molecule has 0 aromatic rings. The van der Waals surface area contributed by atoms with E-state index in [1.54, 1.807) is 16.7 Å². The molecule has 7 nitrogen and oxygen atoms in total. The van der Waals surface area contributed by atoms with E-state index in [-0.39, 0.29) is 36.4 Å². The normalized spacial score (nSPS) is 34.9. The van der Waals surface area contributed by atoms with E-state index in [4.69, 9.17) is 4.74 Å². The summed E-state index contributed by atoms with van der Waals surface area (Å²) in [5, 5.41) is 9.34. The van der Waals surface area contributed by atoms with Crippen molar-refractivity contribution in [1.29, 1.82) is 0 Å². The number of fused-ring (bicyclic) bond motifs is 2. The minimum atomic E-state index is -0.847. The maximum atomic E-state index is 14.4. The molecule has 0 saturated carbocycles. The molecule has 0 aromatic heterocycles. The van der Waals surface area contributed by atoms with Crippen LogP contribution in [0, 0.1) is 17.3 Å². The van der Waals surface area contributed by atoms with Crippen molar-refractivity contribution in [3.8, 4) is 0 Å². The van der Waals surface area contributed by atoms with Gasteiger partial charge in [0.1, 0.15) is 12.6 Å². The molecule has 1 spiro atoms. The van der Waals surface area contributed by atoms with Crippen LogP contribution in [0.4, 0.5) is 0 Å². The predicted octanol–water partition coefficient (Wildman–Crippen LogP) is 3.17. The van der Waals surface area contributed by atoms with Crippen molar-refractivity contribution in [2.45, 2.75) is 81.9 Å². The Balaban J connectivity index is 1.81. The second kappa shape index (κ2) is 8.94.